The fourth-order valence-electron chi connectivity index (χ4n) is 3.59. The number of thiophene rings is 1. The van der Waals surface area contributed by atoms with Gasteiger partial charge in [-0.1, -0.05) is 28.1 Å². The lowest BCUT2D eigenvalue weighted by atomic mass is 10.1. The Morgan fingerprint density at radius 2 is 1.74 bits per heavy atom. The number of hydrogen-bond acceptors (Lipinski definition) is 6. The first-order valence-corrected chi connectivity index (χ1v) is 13.6. The highest BCUT2D eigenvalue weighted by Gasteiger charge is 2.24. The molecule has 0 aliphatic carbocycles. The van der Waals surface area contributed by atoms with Crippen molar-refractivity contribution in [3.05, 3.63) is 87.7 Å². The number of amides is 1. The Morgan fingerprint density at radius 1 is 1.03 bits per heavy atom. The van der Waals surface area contributed by atoms with E-state index in [0.717, 1.165) is 14.6 Å². The molecule has 0 saturated heterocycles. The maximum atomic E-state index is 13.3. The number of nitrogens with one attached hydrogen (secondary N) is 1. The van der Waals surface area contributed by atoms with Gasteiger partial charge in [-0.25, -0.2) is 13.2 Å². The third kappa shape index (κ3) is 5.09. The van der Waals surface area contributed by atoms with Crippen molar-refractivity contribution in [2.45, 2.75) is 11.8 Å². The predicted octanol–water partition coefficient (Wildman–Crippen LogP) is 5.92. The van der Waals surface area contributed by atoms with Crippen molar-refractivity contribution in [2.75, 3.05) is 23.3 Å². The molecule has 3 aromatic carbocycles. The summed E-state index contributed by atoms with van der Waals surface area (Å²) in [5.41, 5.74) is 1.10. The second-order valence-electron chi connectivity index (χ2n) is 7.45. The van der Waals surface area contributed by atoms with Gasteiger partial charge in [-0.15, -0.1) is 11.3 Å². The summed E-state index contributed by atoms with van der Waals surface area (Å²) in [7, 11) is -2.48. The van der Waals surface area contributed by atoms with E-state index in [2.05, 4.69) is 21.2 Å². The van der Waals surface area contributed by atoms with E-state index in [1.54, 1.807) is 79.7 Å². The summed E-state index contributed by atoms with van der Waals surface area (Å²) in [5.74, 6) is -0.924. The number of anilines is 2. The topological polar surface area (TPSA) is 92.8 Å². The molecule has 0 bridgehead atoms. The summed E-state index contributed by atoms with van der Waals surface area (Å²) in [6, 6.07) is 20.1. The van der Waals surface area contributed by atoms with E-state index >= 15 is 0 Å². The van der Waals surface area contributed by atoms with Gasteiger partial charge in [0.2, 0.25) is 0 Å². The van der Waals surface area contributed by atoms with E-state index in [9.17, 15) is 18.0 Å². The molecule has 7 nitrogen and oxygen atoms in total. The Hall–Kier alpha value is -3.21. The molecule has 1 N–H and O–H groups in total. The third-order valence-corrected chi connectivity index (χ3v) is 8.84. The summed E-state index contributed by atoms with van der Waals surface area (Å²) >= 11 is 4.60. The number of carbonyl (C=O) groups is 2. The van der Waals surface area contributed by atoms with Crippen molar-refractivity contribution < 1.29 is 22.7 Å². The van der Waals surface area contributed by atoms with E-state index in [-0.39, 0.29) is 22.9 Å². The van der Waals surface area contributed by atoms with Crippen LogP contribution in [-0.2, 0) is 14.8 Å². The highest BCUT2D eigenvalue weighted by molar-refractivity contribution is 9.10. The van der Waals surface area contributed by atoms with Gasteiger partial charge in [0.25, 0.3) is 15.9 Å². The number of halogens is 1. The van der Waals surface area contributed by atoms with E-state index < -0.39 is 16.0 Å². The number of sulfonamides is 1. The highest BCUT2D eigenvalue weighted by atomic mass is 79.9. The molecule has 1 aromatic heterocycles. The van der Waals surface area contributed by atoms with E-state index in [0.29, 0.717) is 16.3 Å². The van der Waals surface area contributed by atoms with Crippen molar-refractivity contribution in [1.82, 2.24) is 0 Å². The van der Waals surface area contributed by atoms with Crippen LogP contribution in [0.4, 0.5) is 11.4 Å². The molecule has 0 spiro atoms. The molecular weight excluding hydrogens is 552 g/mol. The maximum absolute atomic E-state index is 13.3. The lowest BCUT2D eigenvalue weighted by molar-refractivity contribution is 0.0602. The smallest absolute Gasteiger partial charge is 0.339 e. The average molecular weight is 573 g/mol. The molecule has 0 fully saturated rings. The zero-order valence-electron chi connectivity index (χ0n) is 18.8. The van der Waals surface area contributed by atoms with E-state index in [1.165, 1.54) is 22.8 Å². The minimum absolute atomic E-state index is 0.192. The summed E-state index contributed by atoms with van der Waals surface area (Å²) in [5, 5.41) is 3.50. The Balaban J connectivity index is 1.64. The zero-order valence-corrected chi connectivity index (χ0v) is 22.0. The maximum Gasteiger partial charge on any atom is 0.339 e. The number of esters is 1. The molecule has 180 valence electrons. The van der Waals surface area contributed by atoms with Crippen LogP contribution in [0.1, 0.15) is 27.0 Å². The lowest BCUT2D eigenvalue weighted by Gasteiger charge is -2.23. The van der Waals surface area contributed by atoms with Gasteiger partial charge in [0.15, 0.2) is 0 Å². The average Bonchev–Trinajstić information content (AvgIpc) is 3.28. The van der Waals surface area contributed by atoms with Crippen LogP contribution < -0.4 is 9.62 Å². The summed E-state index contributed by atoms with van der Waals surface area (Å²) in [6.07, 6.45) is 0. The fraction of sp³-hybridized carbons (Fsp3) is 0.120. The molecule has 0 aliphatic rings. The number of nitrogens with zero attached hydrogens (tertiary/aromatic N) is 1. The Kier molecular flexibility index (Phi) is 7.25. The van der Waals surface area contributed by atoms with Gasteiger partial charge in [0.05, 0.1) is 33.8 Å². The SMILES string of the molecule is CCN(c1ccc2sc(C(=O)Nc3ccccc3C(=O)OC)cc2c1)S(=O)(=O)c1ccc(Br)cc1. The first-order valence-electron chi connectivity index (χ1n) is 10.5. The summed E-state index contributed by atoms with van der Waals surface area (Å²) in [6.45, 7) is 2.01. The van der Waals surface area contributed by atoms with E-state index in [4.69, 9.17) is 4.74 Å². The van der Waals surface area contributed by atoms with E-state index in [1.807, 2.05) is 0 Å². The number of ether oxygens (including phenoxy) is 1. The van der Waals surface area contributed by atoms with Crippen LogP contribution >= 0.6 is 27.3 Å². The van der Waals surface area contributed by atoms with Crippen molar-refractivity contribution in [3.63, 3.8) is 0 Å². The third-order valence-electron chi connectivity index (χ3n) is 5.28. The van der Waals surface area contributed by atoms with Crippen LogP contribution in [0.3, 0.4) is 0 Å². The normalized spacial score (nSPS) is 11.3. The molecule has 0 saturated carbocycles. The molecular formula is C25H21BrN2O5S2. The zero-order chi connectivity index (χ0) is 25.2. The standard InChI is InChI=1S/C25H21BrN2O5S2/c1-3-28(35(31,32)19-11-8-17(26)9-12-19)18-10-13-22-16(14-18)15-23(34-22)24(29)27-21-7-5-4-6-20(21)25(30)33-2/h4-15H,3H2,1-2H3,(H,27,29). The van der Waals surface area contributed by atoms with Gasteiger partial charge in [-0.05, 0) is 73.0 Å². The number of methoxy groups -OCH3 is 1. The number of para-hydroxylation sites is 1. The van der Waals surface area contributed by atoms with Crippen molar-refractivity contribution >= 4 is 70.6 Å². The second kappa shape index (κ2) is 10.2. The van der Waals surface area contributed by atoms with Crippen molar-refractivity contribution in [2.24, 2.45) is 0 Å². The first kappa shape index (κ1) is 24.9. The molecule has 4 rings (SSSR count). The molecule has 35 heavy (non-hydrogen) atoms. The monoisotopic (exact) mass is 572 g/mol. The largest absolute Gasteiger partial charge is 0.465 e. The molecule has 10 heteroatoms. The lowest BCUT2D eigenvalue weighted by Crippen LogP contribution is -2.30. The van der Waals surface area contributed by atoms with Crippen LogP contribution in [-0.4, -0.2) is 33.9 Å². The van der Waals surface area contributed by atoms with Gasteiger partial charge in [-0.3, -0.25) is 9.10 Å². The molecule has 0 aliphatic heterocycles. The Labute approximate surface area is 215 Å². The number of benzene rings is 3. The van der Waals surface area contributed by atoms with Gasteiger partial charge in [0, 0.05) is 15.7 Å². The molecule has 0 atom stereocenters. The first-order chi connectivity index (χ1) is 16.7. The minimum Gasteiger partial charge on any atom is -0.465 e. The Morgan fingerprint density at radius 3 is 2.43 bits per heavy atom. The van der Waals surface area contributed by atoms with Crippen LogP contribution in [0.5, 0.6) is 0 Å². The number of carbonyl (C=O) groups excluding carboxylic acids is 2. The predicted molar refractivity (Wildman–Crippen MR) is 142 cm³/mol. The minimum atomic E-state index is -3.76. The van der Waals surface area contributed by atoms with Crippen LogP contribution in [0.25, 0.3) is 10.1 Å². The van der Waals surface area contributed by atoms with Gasteiger partial charge >= 0.3 is 5.97 Å². The molecule has 1 heterocycles. The molecule has 0 radical (unpaired) electrons. The van der Waals surface area contributed by atoms with Crippen LogP contribution in [0.15, 0.2) is 82.2 Å². The van der Waals surface area contributed by atoms with Gasteiger partial charge in [0.1, 0.15) is 0 Å². The quantitative estimate of drug-likeness (QED) is 0.277. The Bertz CT molecular complexity index is 1510. The molecule has 4 aromatic rings. The summed E-state index contributed by atoms with van der Waals surface area (Å²) in [4.78, 5) is 25.5. The second-order valence-corrected chi connectivity index (χ2v) is 11.3. The van der Waals surface area contributed by atoms with Crippen LogP contribution in [0, 0.1) is 0 Å². The fourth-order valence-corrected chi connectivity index (χ4v) is 6.26. The molecule has 0 unspecified atom stereocenters. The van der Waals surface area contributed by atoms with Gasteiger partial charge in [-0.2, -0.15) is 0 Å². The van der Waals surface area contributed by atoms with Crippen LogP contribution in [0.2, 0.25) is 0 Å². The number of hydrogen-bond donors (Lipinski definition) is 1. The summed E-state index contributed by atoms with van der Waals surface area (Å²) < 4.78 is 34.2. The molecule has 1 amide bonds. The number of fused-ring (bicyclic) bond motifs is 1. The highest BCUT2D eigenvalue weighted by Crippen LogP contribution is 2.32. The van der Waals surface area contributed by atoms with Crippen molar-refractivity contribution in [1.29, 1.82) is 0 Å². The van der Waals surface area contributed by atoms with Gasteiger partial charge < -0.3 is 10.1 Å². The van der Waals surface area contributed by atoms with Crippen molar-refractivity contribution in [3.8, 4) is 0 Å². The number of rotatable bonds is 7.